The molecule has 3 rings (SSSR count). The zero-order valence-corrected chi connectivity index (χ0v) is 17.9. The van der Waals surface area contributed by atoms with Gasteiger partial charge >= 0.3 is 0 Å². The summed E-state index contributed by atoms with van der Waals surface area (Å²) in [4.78, 5) is 6.26. The van der Waals surface area contributed by atoms with E-state index in [2.05, 4.69) is 60.6 Å². The third-order valence-corrected chi connectivity index (χ3v) is 5.51. The van der Waals surface area contributed by atoms with E-state index >= 15 is 0 Å². The average molecular weight is 398 g/mol. The lowest BCUT2D eigenvalue weighted by Crippen LogP contribution is -2.01. The summed E-state index contributed by atoms with van der Waals surface area (Å²) in [6, 6.07) is 5.88. The van der Waals surface area contributed by atoms with Crippen LogP contribution in [0.1, 0.15) is 68.0 Å². The van der Waals surface area contributed by atoms with Crippen molar-refractivity contribution in [1.29, 1.82) is 0 Å². The second-order valence-electron chi connectivity index (χ2n) is 7.29. The molecule has 0 atom stereocenters. The number of thiazole rings is 1. The van der Waals surface area contributed by atoms with Crippen LogP contribution in [0.4, 0.5) is 0 Å². The number of hydrogen-bond acceptors (Lipinski definition) is 6. The molecule has 0 N–H and O–H groups in total. The smallest absolute Gasteiger partial charge is 0.177 e. The van der Waals surface area contributed by atoms with E-state index in [0.29, 0.717) is 5.92 Å². The van der Waals surface area contributed by atoms with Crippen molar-refractivity contribution < 1.29 is 4.74 Å². The first-order chi connectivity index (χ1) is 13.5. The molecule has 0 radical (unpaired) electrons. The van der Waals surface area contributed by atoms with Gasteiger partial charge in [0.25, 0.3) is 0 Å². The maximum atomic E-state index is 5.50. The molecular weight excluding hydrogens is 370 g/mol. The van der Waals surface area contributed by atoms with E-state index in [4.69, 9.17) is 9.72 Å². The number of nitrogens with zero attached hydrogens (tertiary/aromatic N) is 5. The Morgan fingerprint density at radius 1 is 1.18 bits per heavy atom. The van der Waals surface area contributed by atoms with Crippen molar-refractivity contribution >= 4 is 17.4 Å². The summed E-state index contributed by atoms with van der Waals surface area (Å²) in [5, 5.41) is 16.1. The molecule has 6 nitrogen and oxygen atoms in total. The SMILES string of the molecule is COc1ccc(-n2nnc(C(C)C)n2)cc1/C=C/CCc1csc(C(C)C)n1. The van der Waals surface area contributed by atoms with Gasteiger partial charge < -0.3 is 4.74 Å². The Morgan fingerprint density at radius 3 is 2.64 bits per heavy atom. The van der Waals surface area contributed by atoms with Crippen molar-refractivity contribution in [2.45, 2.75) is 52.4 Å². The highest BCUT2D eigenvalue weighted by molar-refractivity contribution is 7.09. The van der Waals surface area contributed by atoms with Gasteiger partial charge in [0.1, 0.15) is 5.75 Å². The molecule has 0 fully saturated rings. The lowest BCUT2D eigenvalue weighted by Gasteiger charge is -2.07. The van der Waals surface area contributed by atoms with Crippen LogP contribution in [0.2, 0.25) is 0 Å². The molecule has 0 aliphatic carbocycles. The van der Waals surface area contributed by atoms with Crippen LogP contribution < -0.4 is 4.74 Å². The molecule has 148 valence electrons. The zero-order chi connectivity index (χ0) is 20.1. The molecule has 0 aliphatic rings. The van der Waals surface area contributed by atoms with E-state index in [1.807, 2.05) is 18.2 Å². The van der Waals surface area contributed by atoms with Crippen molar-refractivity contribution in [1.82, 2.24) is 25.2 Å². The third-order valence-electron chi connectivity index (χ3n) is 4.32. The fourth-order valence-corrected chi connectivity index (χ4v) is 3.56. The molecule has 0 spiro atoms. The highest BCUT2D eigenvalue weighted by Gasteiger charge is 2.10. The van der Waals surface area contributed by atoms with Crippen LogP contribution in [0, 0.1) is 0 Å². The minimum Gasteiger partial charge on any atom is -0.496 e. The summed E-state index contributed by atoms with van der Waals surface area (Å²) in [7, 11) is 1.68. The second kappa shape index (κ2) is 9.10. The van der Waals surface area contributed by atoms with Crippen LogP contribution in [-0.4, -0.2) is 32.3 Å². The predicted octanol–water partition coefficient (Wildman–Crippen LogP) is 5.02. The maximum Gasteiger partial charge on any atom is 0.177 e. The highest BCUT2D eigenvalue weighted by Crippen LogP contribution is 2.24. The summed E-state index contributed by atoms with van der Waals surface area (Å²) < 4.78 is 5.50. The van der Waals surface area contributed by atoms with Gasteiger partial charge in [-0.3, -0.25) is 0 Å². The number of benzene rings is 1. The van der Waals surface area contributed by atoms with Crippen LogP contribution >= 0.6 is 11.3 Å². The molecule has 3 aromatic rings. The molecule has 0 saturated heterocycles. The Morgan fingerprint density at radius 2 is 2.00 bits per heavy atom. The highest BCUT2D eigenvalue weighted by atomic mass is 32.1. The number of rotatable bonds is 8. The van der Waals surface area contributed by atoms with Crippen LogP contribution in [0.3, 0.4) is 0 Å². The third kappa shape index (κ3) is 4.84. The Kier molecular flexibility index (Phi) is 6.57. The summed E-state index contributed by atoms with van der Waals surface area (Å²) in [6.45, 7) is 8.46. The van der Waals surface area contributed by atoms with Gasteiger partial charge in [-0.25, -0.2) is 4.98 Å². The molecule has 0 saturated carbocycles. The molecule has 7 heteroatoms. The number of hydrogen-bond donors (Lipinski definition) is 0. The van der Waals surface area contributed by atoms with E-state index in [1.54, 1.807) is 23.2 Å². The van der Waals surface area contributed by atoms with Crippen LogP contribution in [0.15, 0.2) is 29.7 Å². The number of aromatic nitrogens is 5. The largest absolute Gasteiger partial charge is 0.496 e. The van der Waals surface area contributed by atoms with E-state index in [-0.39, 0.29) is 5.92 Å². The normalized spacial score (nSPS) is 11.8. The van der Waals surface area contributed by atoms with Crippen molar-refractivity contribution in [2.75, 3.05) is 7.11 Å². The van der Waals surface area contributed by atoms with Gasteiger partial charge in [0.05, 0.1) is 23.5 Å². The first-order valence-electron chi connectivity index (χ1n) is 9.57. The molecule has 0 bridgehead atoms. The standard InChI is InChI=1S/C21H27N5OS/c1-14(2)20-23-25-26(24-20)18-10-11-19(27-5)16(12-18)8-6-7-9-17-13-28-21(22-17)15(3)4/h6,8,10-15H,7,9H2,1-5H3/b8-6+. The van der Waals surface area contributed by atoms with Crippen molar-refractivity contribution in [3.8, 4) is 11.4 Å². The van der Waals surface area contributed by atoms with E-state index < -0.39 is 0 Å². The van der Waals surface area contributed by atoms with Crippen LogP contribution in [-0.2, 0) is 6.42 Å². The van der Waals surface area contributed by atoms with Gasteiger partial charge in [-0.2, -0.15) is 0 Å². The van der Waals surface area contributed by atoms with Gasteiger partial charge in [-0.15, -0.1) is 26.3 Å². The molecule has 28 heavy (non-hydrogen) atoms. The molecule has 2 aromatic heterocycles. The molecule has 0 amide bonds. The lowest BCUT2D eigenvalue weighted by molar-refractivity contribution is 0.413. The molecular formula is C21H27N5OS. The first-order valence-corrected chi connectivity index (χ1v) is 10.4. The summed E-state index contributed by atoms with van der Waals surface area (Å²) in [6.07, 6.45) is 6.10. The minimum absolute atomic E-state index is 0.244. The summed E-state index contributed by atoms with van der Waals surface area (Å²) >= 11 is 1.74. The van der Waals surface area contributed by atoms with E-state index in [1.165, 1.54) is 5.01 Å². The van der Waals surface area contributed by atoms with Gasteiger partial charge in [0.2, 0.25) is 0 Å². The number of ether oxygens (including phenoxy) is 1. The zero-order valence-electron chi connectivity index (χ0n) is 17.1. The molecule has 1 aromatic carbocycles. The number of aryl methyl sites for hydroxylation is 1. The molecule has 0 aliphatic heterocycles. The van der Waals surface area contributed by atoms with Gasteiger partial charge in [-0.1, -0.05) is 39.8 Å². The predicted molar refractivity (Wildman–Crippen MR) is 113 cm³/mol. The number of methoxy groups -OCH3 is 1. The van der Waals surface area contributed by atoms with Crippen molar-refractivity contribution in [3.63, 3.8) is 0 Å². The Bertz CT molecular complexity index is 942. The molecule has 2 heterocycles. The topological polar surface area (TPSA) is 65.7 Å². The average Bonchev–Trinajstić information content (AvgIpc) is 3.35. The van der Waals surface area contributed by atoms with E-state index in [0.717, 1.165) is 41.4 Å². The van der Waals surface area contributed by atoms with Crippen molar-refractivity contribution in [3.05, 3.63) is 51.7 Å². The fourth-order valence-electron chi connectivity index (χ4n) is 2.69. The van der Waals surface area contributed by atoms with Crippen LogP contribution in [0.5, 0.6) is 5.75 Å². The summed E-state index contributed by atoms with van der Waals surface area (Å²) in [5.41, 5.74) is 3.01. The Labute approximate surface area is 170 Å². The maximum absolute atomic E-state index is 5.50. The lowest BCUT2D eigenvalue weighted by atomic mass is 10.1. The van der Waals surface area contributed by atoms with Crippen LogP contribution in [0.25, 0.3) is 11.8 Å². The van der Waals surface area contributed by atoms with Gasteiger partial charge in [0.15, 0.2) is 5.82 Å². The van der Waals surface area contributed by atoms with Gasteiger partial charge in [0, 0.05) is 22.8 Å². The molecule has 0 unspecified atom stereocenters. The van der Waals surface area contributed by atoms with E-state index in [9.17, 15) is 0 Å². The quantitative estimate of drug-likeness (QED) is 0.534. The minimum atomic E-state index is 0.244. The van der Waals surface area contributed by atoms with Gasteiger partial charge in [-0.05, 0) is 36.3 Å². The fraction of sp³-hybridized carbons (Fsp3) is 0.429. The first kappa shape index (κ1) is 20.2. The Hall–Kier alpha value is -2.54. The monoisotopic (exact) mass is 397 g/mol. The number of tetrazole rings is 1. The van der Waals surface area contributed by atoms with Crippen molar-refractivity contribution in [2.24, 2.45) is 0 Å². The summed E-state index contributed by atoms with van der Waals surface area (Å²) in [5.74, 6) is 2.29. The number of allylic oxidation sites excluding steroid dienone is 1. The second-order valence-corrected chi connectivity index (χ2v) is 8.18. The Balaban J connectivity index is 1.71.